The largest absolute Gasteiger partial charge is 0.497 e. The van der Waals surface area contributed by atoms with Gasteiger partial charge in [-0.05, 0) is 36.9 Å². The quantitative estimate of drug-likeness (QED) is 0.908. The third-order valence-corrected chi connectivity index (χ3v) is 3.11. The number of halogens is 1. The SMILES string of the molecule is CNCc1ccc(-c2cc(OC)ccc2OC)c(F)c1. The zero-order valence-electron chi connectivity index (χ0n) is 11.9. The van der Waals surface area contributed by atoms with Gasteiger partial charge in [-0.25, -0.2) is 4.39 Å². The van der Waals surface area contributed by atoms with E-state index in [0.717, 1.165) is 5.56 Å². The Labute approximate surface area is 118 Å². The molecular formula is C16H18FNO2. The third-order valence-electron chi connectivity index (χ3n) is 3.11. The maximum Gasteiger partial charge on any atom is 0.131 e. The van der Waals surface area contributed by atoms with E-state index in [1.807, 2.05) is 13.1 Å². The fourth-order valence-corrected chi connectivity index (χ4v) is 2.12. The van der Waals surface area contributed by atoms with E-state index in [9.17, 15) is 4.39 Å². The normalized spacial score (nSPS) is 10.4. The summed E-state index contributed by atoms with van der Waals surface area (Å²) in [5, 5.41) is 3.00. The Balaban J connectivity index is 2.49. The fraction of sp³-hybridized carbons (Fsp3) is 0.250. The van der Waals surface area contributed by atoms with Crippen LogP contribution in [0.3, 0.4) is 0 Å². The van der Waals surface area contributed by atoms with E-state index in [4.69, 9.17) is 9.47 Å². The van der Waals surface area contributed by atoms with Crippen molar-refractivity contribution in [2.24, 2.45) is 0 Å². The van der Waals surface area contributed by atoms with E-state index < -0.39 is 0 Å². The number of hydrogen-bond donors (Lipinski definition) is 1. The Morgan fingerprint density at radius 3 is 2.40 bits per heavy atom. The van der Waals surface area contributed by atoms with Crippen molar-refractivity contribution < 1.29 is 13.9 Å². The minimum absolute atomic E-state index is 0.274. The van der Waals surface area contributed by atoms with Crippen molar-refractivity contribution in [2.45, 2.75) is 6.54 Å². The average Bonchev–Trinajstić information content (AvgIpc) is 2.47. The molecule has 0 unspecified atom stereocenters. The third kappa shape index (κ3) is 2.91. The van der Waals surface area contributed by atoms with Gasteiger partial charge in [-0.3, -0.25) is 0 Å². The highest BCUT2D eigenvalue weighted by Gasteiger charge is 2.12. The molecule has 0 bridgehead atoms. The topological polar surface area (TPSA) is 30.5 Å². The Kier molecular flexibility index (Phi) is 4.58. The minimum Gasteiger partial charge on any atom is -0.497 e. The summed E-state index contributed by atoms with van der Waals surface area (Å²) in [4.78, 5) is 0. The Morgan fingerprint density at radius 2 is 1.80 bits per heavy atom. The van der Waals surface area contributed by atoms with Gasteiger partial charge < -0.3 is 14.8 Å². The molecule has 0 atom stereocenters. The summed E-state index contributed by atoms with van der Waals surface area (Å²) in [5.74, 6) is 1.01. The summed E-state index contributed by atoms with van der Waals surface area (Å²) in [6.45, 7) is 0.631. The number of ether oxygens (including phenoxy) is 2. The van der Waals surface area contributed by atoms with Crippen molar-refractivity contribution >= 4 is 0 Å². The van der Waals surface area contributed by atoms with Gasteiger partial charge in [0, 0.05) is 17.7 Å². The highest BCUT2D eigenvalue weighted by molar-refractivity contribution is 5.72. The maximum atomic E-state index is 14.3. The van der Waals surface area contributed by atoms with Crippen LogP contribution in [0.2, 0.25) is 0 Å². The number of methoxy groups -OCH3 is 2. The molecule has 2 rings (SSSR count). The van der Waals surface area contributed by atoms with Gasteiger partial charge >= 0.3 is 0 Å². The number of hydrogen-bond acceptors (Lipinski definition) is 3. The standard InChI is InChI=1S/C16H18FNO2/c1-18-10-11-4-6-13(15(17)8-11)14-9-12(19-2)5-7-16(14)20-3/h4-9,18H,10H2,1-3H3. The van der Waals surface area contributed by atoms with Crippen LogP contribution in [-0.2, 0) is 6.54 Å². The first-order chi connectivity index (χ1) is 9.69. The molecule has 0 aromatic heterocycles. The van der Waals surface area contributed by atoms with Gasteiger partial charge in [-0.2, -0.15) is 0 Å². The molecule has 0 amide bonds. The second-order valence-electron chi connectivity index (χ2n) is 4.41. The molecule has 2 aromatic carbocycles. The number of rotatable bonds is 5. The zero-order valence-corrected chi connectivity index (χ0v) is 11.9. The predicted molar refractivity (Wildman–Crippen MR) is 77.7 cm³/mol. The van der Waals surface area contributed by atoms with Crippen LogP contribution in [0.4, 0.5) is 4.39 Å². The minimum atomic E-state index is -0.274. The van der Waals surface area contributed by atoms with Crippen LogP contribution in [-0.4, -0.2) is 21.3 Å². The molecule has 0 aliphatic rings. The first-order valence-electron chi connectivity index (χ1n) is 6.35. The van der Waals surface area contributed by atoms with Gasteiger partial charge in [-0.15, -0.1) is 0 Å². The molecule has 0 saturated heterocycles. The lowest BCUT2D eigenvalue weighted by atomic mass is 10.0. The van der Waals surface area contributed by atoms with Crippen molar-refractivity contribution in [3.05, 3.63) is 47.8 Å². The first-order valence-corrected chi connectivity index (χ1v) is 6.35. The van der Waals surface area contributed by atoms with Crippen LogP contribution in [0.5, 0.6) is 11.5 Å². The van der Waals surface area contributed by atoms with Crippen molar-refractivity contribution in [1.29, 1.82) is 0 Å². The van der Waals surface area contributed by atoms with Gasteiger partial charge in [0.1, 0.15) is 17.3 Å². The zero-order chi connectivity index (χ0) is 14.5. The molecular weight excluding hydrogens is 257 g/mol. The van der Waals surface area contributed by atoms with E-state index >= 15 is 0 Å². The van der Waals surface area contributed by atoms with Gasteiger partial charge in [0.05, 0.1) is 14.2 Å². The maximum absolute atomic E-state index is 14.3. The van der Waals surface area contributed by atoms with E-state index in [-0.39, 0.29) is 5.82 Å². The Bertz CT molecular complexity index is 599. The smallest absolute Gasteiger partial charge is 0.131 e. The van der Waals surface area contributed by atoms with Gasteiger partial charge in [0.15, 0.2) is 0 Å². The van der Waals surface area contributed by atoms with Crippen molar-refractivity contribution in [3.8, 4) is 22.6 Å². The second kappa shape index (κ2) is 6.39. The van der Waals surface area contributed by atoms with Crippen LogP contribution >= 0.6 is 0 Å². The van der Waals surface area contributed by atoms with Crippen molar-refractivity contribution in [3.63, 3.8) is 0 Å². The van der Waals surface area contributed by atoms with Crippen LogP contribution < -0.4 is 14.8 Å². The van der Waals surface area contributed by atoms with Gasteiger partial charge in [-0.1, -0.05) is 12.1 Å². The van der Waals surface area contributed by atoms with Crippen LogP contribution in [0.15, 0.2) is 36.4 Å². The highest BCUT2D eigenvalue weighted by Crippen LogP contribution is 2.35. The highest BCUT2D eigenvalue weighted by atomic mass is 19.1. The Morgan fingerprint density at radius 1 is 1.00 bits per heavy atom. The molecule has 0 radical (unpaired) electrons. The lowest BCUT2D eigenvalue weighted by Crippen LogP contribution is -2.05. The van der Waals surface area contributed by atoms with E-state index in [1.165, 1.54) is 6.07 Å². The summed E-state index contributed by atoms with van der Waals surface area (Å²) in [6, 6.07) is 10.5. The summed E-state index contributed by atoms with van der Waals surface area (Å²) in [6.07, 6.45) is 0. The second-order valence-corrected chi connectivity index (χ2v) is 4.41. The molecule has 0 aliphatic heterocycles. The molecule has 0 heterocycles. The average molecular weight is 275 g/mol. The molecule has 0 spiro atoms. The molecule has 1 N–H and O–H groups in total. The molecule has 3 nitrogen and oxygen atoms in total. The lowest BCUT2D eigenvalue weighted by Gasteiger charge is -2.12. The molecule has 0 saturated carbocycles. The van der Waals surface area contributed by atoms with Gasteiger partial charge in [0.2, 0.25) is 0 Å². The molecule has 0 fully saturated rings. The van der Waals surface area contributed by atoms with Crippen LogP contribution in [0.1, 0.15) is 5.56 Å². The summed E-state index contributed by atoms with van der Waals surface area (Å²) >= 11 is 0. The monoisotopic (exact) mass is 275 g/mol. The van der Waals surface area contributed by atoms with Crippen LogP contribution in [0, 0.1) is 5.82 Å². The molecule has 0 aliphatic carbocycles. The summed E-state index contributed by atoms with van der Waals surface area (Å²) < 4.78 is 24.8. The Hall–Kier alpha value is -2.07. The van der Waals surface area contributed by atoms with E-state index in [0.29, 0.717) is 29.2 Å². The predicted octanol–water partition coefficient (Wildman–Crippen LogP) is 3.23. The fourth-order valence-electron chi connectivity index (χ4n) is 2.12. The molecule has 106 valence electrons. The lowest BCUT2D eigenvalue weighted by molar-refractivity contribution is 0.404. The molecule has 4 heteroatoms. The first kappa shape index (κ1) is 14.3. The molecule has 2 aromatic rings. The summed E-state index contributed by atoms with van der Waals surface area (Å²) in [7, 11) is 4.98. The van der Waals surface area contributed by atoms with Crippen molar-refractivity contribution in [1.82, 2.24) is 5.32 Å². The number of nitrogens with one attached hydrogen (secondary N) is 1. The van der Waals surface area contributed by atoms with E-state index in [2.05, 4.69) is 5.32 Å². The summed E-state index contributed by atoms with van der Waals surface area (Å²) in [5.41, 5.74) is 2.08. The van der Waals surface area contributed by atoms with E-state index in [1.54, 1.807) is 38.5 Å². The molecule has 20 heavy (non-hydrogen) atoms. The van der Waals surface area contributed by atoms with Crippen molar-refractivity contribution in [2.75, 3.05) is 21.3 Å². The number of benzene rings is 2. The van der Waals surface area contributed by atoms with Crippen LogP contribution in [0.25, 0.3) is 11.1 Å². The van der Waals surface area contributed by atoms with Gasteiger partial charge in [0.25, 0.3) is 0 Å².